The lowest BCUT2D eigenvalue weighted by Crippen LogP contribution is -2.10. The number of hydrogen-bond acceptors (Lipinski definition) is 6. The Morgan fingerprint density at radius 3 is 2.58 bits per heavy atom. The van der Waals surface area contributed by atoms with Gasteiger partial charge in [-0.2, -0.15) is 5.10 Å². The van der Waals surface area contributed by atoms with Crippen molar-refractivity contribution in [1.82, 2.24) is 40.0 Å². The summed E-state index contributed by atoms with van der Waals surface area (Å²) in [5, 5.41) is 8.27. The number of pyridine rings is 3. The van der Waals surface area contributed by atoms with Gasteiger partial charge in [0.2, 0.25) is 0 Å². The Bertz CT molecular complexity index is 1690. The highest BCUT2D eigenvalue weighted by molar-refractivity contribution is 5.96. The maximum Gasteiger partial charge on any atom is 0.181 e. The molecule has 0 saturated heterocycles. The van der Waals surface area contributed by atoms with Crippen LogP contribution in [0.2, 0.25) is 0 Å². The van der Waals surface area contributed by atoms with Crippen molar-refractivity contribution in [2.75, 3.05) is 14.1 Å². The number of nitrogens with zero attached hydrogens (tertiary/aromatic N) is 6. The summed E-state index contributed by atoms with van der Waals surface area (Å²) in [5.41, 5.74) is 7.25. The molecule has 5 heterocycles. The molecule has 10 heteroatoms. The fraction of sp³-hybridized carbons (Fsp3) is 0.115. The molecule has 36 heavy (non-hydrogen) atoms. The highest BCUT2D eigenvalue weighted by Gasteiger charge is 2.16. The quantitative estimate of drug-likeness (QED) is 0.335. The number of rotatable bonds is 5. The van der Waals surface area contributed by atoms with Crippen LogP contribution in [0, 0.1) is 5.82 Å². The first-order chi connectivity index (χ1) is 17.0. The molecule has 6 rings (SSSR count). The van der Waals surface area contributed by atoms with Crippen LogP contribution in [-0.2, 0) is 6.54 Å². The van der Waals surface area contributed by atoms with Gasteiger partial charge in [0, 0.05) is 48.0 Å². The number of imidazole rings is 1. The zero-order valence-electron chi connectivity index (χ0n) is 19.5. The number of H-pyrrole nitrogens is 2. The van der Waals surface area contributed by atoms with Crippen LogP contribution in [0.25, 0.3) is 55.8 Å². The Balaban J connectivity index is 0.00000267. The van der Waals surface area contributed by atoms with E-state index >= 15 is 0 Å². The second-order valence-electron chi connectivity index (χ2n) is 8.69. The number of benzene rings is 1. The van der Waals surface area contributed by atoms with Gasteiger partial charge in [0.05, 0.1) is 22.6 Å². The van der Waals surface area contributed by atoms with Gasteiger partial charge in [0.1, 0.15) is 11.5 Å². The second kappa shape index (κ2) is 9.44. The third-order valence-corrected chi connectivity index (χ3v) is 5.80. The van der Waals surface area contributed by atoms with E-state index in [1.807, 2.05) is 38.6 Å². The second-order valence-corrected chi connectivity index (χ2v) is 8.69. The third-order valence-electron chi connectivity index (χ3n) is 5.80. The minimum Gasteiger partial charge on any atom is -0.335 e. The van der Waals surface area contributed by atoms with Crippen LogP contribution in [0.1, 0.15) is 5.56 Å². The first-order valence-corrected chi connectivity index (χ1v) is 11.1. The van der Waals surface area contributed by atoms with E-state index in [4.69, 9.17) is 4.98 Å². The zero-order chi connectivity index (χ0) is 23.9. The molecule has 0 aliphatic rings. The largest absolute Gasteiger partial charge is 0.335 e. The van der Waals surface area contributed by atoms with Crippen molar-refractivity contribution in [2.24, 2.45) is 0 Å². The molecule has 5 aromatic heterocycles. The molecule has 0 amide bonds. The van der Waals surface area contributed by atoms with Gasteiger partial charge >= 0.3 is 0 Å². The number of hydrogen-bond donors (Lipinski definition) is 2. The summed E-state index contributed by atoms with van der Waals surface area (Å²) in [5.74, 6) is 0.296. The summed E-state index contributed by atoms with van der Waals surface area (Å²) < 4.78 is 13.8. The van der Waals surface area contributed by atoms with Crippen molar-refractivity contribution in [3.63, 3.8) is 0 Å². The summed E-state index contributed by atoms with van der Waals surface area (Å²) in [4.78, 5) is 23.5. The smallest absolute Gasteiger partial charge is 0.181 e. The Kier molecular flexibility index (Phi) is 6.17. The first-order valence-electron chi connectivity index (χ1n) is 11.1. The molecule has 180 valence electrons. The lowest BCUT2D eigenvalue weighted by Gasteiger charge is -2.10. The van der Waals surface area contributed by atoms with Gasteiger partial charge < -0.3 is 9.88 Å². The van der Waals surface area contributed by atoms with Gasteiger partial charge in [-0.05, 0) is 49.5 Å². The van der Waals surface area contributed by atoms with E-state index in [-0.39, 0.29) is 18.2 Å². The monoisotopic (exact) mass is 500 g/mol. The minimum absolute atomic E-state index is 0. The SMILES string of the molecule is CN(C)Cc1cncc(-c2cnc3n[nH]c(-c4nc5c(-c6cccc(F)c6)cncc5[nH]4)c3c2)c1.Cl. The minimum atomic E-state index is -0.308. The maximum atomic E-state index is 13.8. The molecular formula is C26H22ClFN8. The predicted octanol–water partition coefficient (Wildman–Crippen LogP) is 5.25. The Hall–Kier alpha value is -4.21. The summed E-state index contributed by atoms with van der Waals surface area (Å²) in [7, 11) is 4.06. The number of nitrogens with one attached hydrogen (secondary N) is 2. The molecule has 1 aromatic carbocycles. The standard InChI is InChI=1S/C26H21FN8.ClH/c1-35(2)14-15-6-17(10-28-9-15)18-8-20-24(33-34-25(20)30-11-18)26-31-22-13-29-12-21(23(22)32-26)16-4-3-5-19(27)7-16;/h3-13H,14H2,1-2H3,(H,31,32)(H,30,33,34);1H. The van der Waals surface area contributed by atoms with Crippen molar-refractivity contribution in [1.29, 1.82) is 0 Å². The Morgan fingerprint density at radius 2 is 1.75 bits per heavy atom. The normalized spacial score (nSPS) is 11.3. The molecule has 0 atom stereocenters. The van der Waals surface area contributed by atoms with E-state index in [1.165, 1.54) is 12.1 Å². The summed E-state index contributed by atoms with van der Waals surface area (Å²) >= 11 is 0. The van der Waals surface area contributed by atoms with Gasteiger partial charge in [-0.15, -0.1) is 12.4 Å². The first kappa shape index (κ1) is 23.5. The average Bonchev–Trinajstić information content (AvgIpc) is 3.47. The number of aromatic nitrogens is 7. The molecule has 0 spiro atoms. The van der Waals surface area contributed by atoms with Gasteiger partial charge in [-0.25, -0.2) is 14.4 Å². The van der Waals surface area contributed by atoms with Gasteiger partial charge in [-0.3, -0.25) is 15.1 Å². The summed E-state index contributed by atoms with van der Waals surface area (Å²) in [6, 6.07) is 10.6. The molecule has 0 unspecified atom stereocenters. The lowest BCUT2D eigenvalue weighted by molar-refractivity contribution is 0.402. The van der Waals surface area contributed by atoms with Crippen LogP contribution in [0.3, 0.4) is 0 Å². The van der Waals surface area contributed by atoms with Gasteiger partial charge in [-0.1, -0.05) is 12.1 Å². The molecule has 0 aliphatic heterocycles. The van der Waals surface area contributed by atoms with Crippen molar-refractivity contribution in [3.05, 3.63) is 78.8 Å². The van der Waals surface area contributed by atoms with Crippen LogP contribution in [-0.4, -0.2) is 54.1 Å². The van der Waals surface area contributed by atoms with Crippen LogP contribution >= 0.6 is 12.4 Å². The maximum absolute atomic E-state index is 13.8. The molecular weight excluding hydrogens is 479 g/mol. The van der Waals surface area contributed by atoms with E-state index in [0.29, 0.717) is 28.2 Å². The predicted molar refractivity (Wildman–Crippen MR) is 140 cm³/mol. The van der Waals surface area contributed by atoms with E-state index < -0.39 is 0 Å². The molecule has 8 nitrogen and oxygen atoms in total. The van der Waals surface area contributed by atoms with E-state index in [9.17, 15) is 4.39 Å². The zero-order valence-corrected chi connectivity index (χ0v) is 20.3. The van der Waals surface area contributed by atoms with Crippen molar-refractivity contribution < 1.29 is 4.39 Å². The molecule has 0 radical (unpaired) electrons. The Morgan fingerprint density at radius 1 is 0.917 bits per heavy atom. The highest BCUT2D eigenvalue weighted by atomic mass is 35.5. The number of halogens is 2. The van der Waals surface area contributed by atoms with Crippen LogP contribution < -0.4 is 0 Å². The van der Waals surface area contributed by atoms with E-state index in [0.717, 1.165) is 39.7 Å². The van der Waals surface area contributed by atoms with E-state index in [2.05, 4.69) is 41.1 Å². The van der Waals surface area contributed by atoms with Gasteiger partial charge in [0.25, 0.3) is 0 Å². The highest BCUT2D eigenvalue weighted by Crippen LogP contribution is 2.32. The average molecular weight is 501 g/mol. The molecule has 6 aromatic rings. The van der Waals surface area contributed by atoms with Gasteiger partial charge in [0.15, 0.2) is 11.5 Å². The molecule has 2 N–H and O–H groups in total. The van der Waals surface area contributed by atoms with Crippen molar-refractivity contribution in [3.8, 4) is 33.8 Å². The summed E-state index contributed by atoms with van der Waals surface area (Å²) in [6.45, 7) is 0.800. The fourth-order valence-corrected chi connectivity index (χ4v) is 4.25. The Labute approximate surface area is 212 Å². The molecule has 0 aliphatic carbocycles. The van der Waals surface area contributed by atoms with Crippen LogP contribution in [0.15, 0.2) is 67.4 Å². The topological polar surface area (TPSA) is 99.3 Å². The number of aromatic amines is 2. The third kappa shape index (κ3) is 4.30. The van der Waals surface area contributed by atoms with Crippen LogP contribution in [0.4, 0.5) is 4.39 Å². The molecule has 0 fully saturated rings. The van der Waals surface area contributed by atoms with E-state index in [1.54, 1.807) is 24.7 Å². The summed E-state index contributed by atoms with van der Waals surface area (Å²) in [6.07, 6.45) is 8.91. The lowest BCUT2D eigenvalue weighted by atomic mass is 10.1. The molecule has 0 saturated carbocycles. The van der Waals surface area contributed by atoms with Crippen molar-refractivity contribution in [2.45, 2.75) is 6.54 Å². The van der Waals surface area contributed by atoms with Crippen LogP contribution in [0.5, 0.6) is 0 Å². The van der Waals surface area contributed by atoms with Crippen molar-refractivity contribution >= 4 is 34.5 Å². The fourth-order valence-electron chi connectivity index (χ4n) is 4.25. The molecule has 0 bridgehead atoms. The number of fused-ring (bicyclic) bond motifs is 2.